The highest BCUT2D eigenvalue weighted by molar-refractivity contribution is 6.39. The Bertz CT molecular complexity index is 864. The number of para-hydroxylation sites is 2. The summed E-state index contributed by atoms with van der Waals surface area (Å²) >= 11 is 0. The molecule has 154 valence electrons. The van der Waals surface area contributed by atoms with Crippen LogP contribution in [0, 0.1) is 0 Å². The van der Waals surface area contributed by atoms with Gasteiger partial charge in [-0.15, -0.1) is 0 Å². The molecule has 0 spiro atoms. The molecule has 2 amide bonds. The van der Waals surface area contributed by atoms with Gasteiger partial charge in [-0.2, -0.15) is 0 Å². The number of benzene rings is 2. The van der Waals surface area contributed by atoms with Gasteiger partial charge >= 0.3 is 11.8 Å². The maximum absolute atomic E-state index is 12.6. The van der Waals surface area contributed by atoms with Crippen molar-refractivity contribution in [2.75, 3.05) is 43.5 Å². The fraction of sp³-hybridized carbons (Fsp3) is 0.391. The number of nitrogens with one attached hydrogen (secondary N) is 1. The molecule has 2 aromatic rings. The van der Waals surface area contributed by atoms with E-state index in [0.29, 0.717) is 31.9 Å². The minimum atomic E-state index is -0.598. The van der Waals surface area contributed by atoms with Crippen molar-refractivity contribution in [3.05, 3.63) is 54.1 Å². The van der Waals surface area contributed by atoms with E-state index in [0.717, 1.165) is 11.4 Å². The van der Waals surface area contributed by atoms with Gasteiger partial charge in [-0.25, -0.2) is 0 Å². The molecule has 3 rings (SSSR count). The number of nitrogens with zero attached hydrogens (tertiary/aromatic N) is 2. The summed E-state index contributed by atoms with van der Waals surface area (Å²) < 4.78 is 5.42. The molecule has 0 aliphatic carbocycles. The van der Waals surface area contributed by atoms with Crippen LogP contribution in [0.3, 0.4) is 0 Å². The molecule has 0 aromatic heterocycles. The van der Waals surface area contributed by atoms with E-state index in [1.807, 2.05) is 48.5 Å². The molecule has 6 nitrogen and oxygen atoms in total. The Labute approximate surface area is 172 Å². The van der Waals surface area contributed by atoms with Crippen molar-refractivity contribution >= 4 is 23.2 Å². The fourth-order valence-corrected chi connectivity index (χ4v) is 3.42. The zero-order chi connectivity index (χ0) is 21.0. The molecule has 1 heterocycles. The molecular formula is C23H29N3O3. The maximum atomic E-state index is 12.6. The minimum absolute atomic E-state index is 0.0411. The average Bonchev–Trinajstić information content (AvgIpc) is 2.73. The van der Waals surface area contributed by atoms with Crippen LogP contribution in [0.1, 0.15) is 26.3 Å². The summed E-state index contributed by atoms with van der Waals surface area (Å²) in [5, 5.41) is 2.72. The smallest absolute Gasteiger partial charge is 0.313 e. The molecule has 0 bridgehead atoms. The first-order valence-corrected chi connectivity index (χ1v) is 9.88. The lowest BCUT2D eigenvalue weighted by Gasteiger charge is -2.36. The molecule has 1 aliphatic rings. The van der Waals surface area contributed by atoms with Crippen molar-refractivity contribution in [3.63, 3.8) is 0 Å². The molecule has 1 fully saturated rings. The SMILES string of the molecule is COc1ccccc1N1CCN(C(=O)C(=O)Nc2ccc(C(C)(C)C)cc2)CC1. The highest BCUT2D eigenvalue weighted by Crippen LogP contribution is 2.28. The van der Waals surface area contributed by atoms with Gasteiger partial charge in [0.1, 0.15) is 5.75 Å². The largest absolute Gasteiger partial charge is 0.495 e. The normalized spacial score (nSPS) is 14.5. The highest BCUT2D eigenvalue weighted by Gasteiger charge is 2.27. The third-order valence-corrected chi connectivity index (χ3v) is 5.20. The molecule has 0 unspecified atom stereocenters. The van der Waals surface area contributed by atoms with E-state index in [9.17, 15) is 9.59 Å². The second-order valence-corrected chi connectivity index (χ2v) is 8.23. The lowest BCUT2D eigenvalue weighted by atomic mass is 9.87. The van der Waals surface area contributed by atoms with E-state index in [1.54, 1.807) is 12.0 Å². The van der Waals surface area contributed by atoms with Gasteiger partial charge in [0.25, 0.3) is 0 Å². The number of rotatable bonds is 3. The van der Waals surface area contributed by atoms with Gasteiger partial charge in [-0.3, -0.25) is 9.59 Å². The Morgan fingerprint density at radius 3 is 2.14 bits per heavy atom. The summed E-state index contributed by atoms with van der Waals surface area (Å²) in [4.78, 5) is 28.7. The lowest BCUT2D eigenvalue weighted by Crippen LogP contribution is -2.51. The predicted molar refractivity (Wildman–Crippen MR) is 116 cm³/mol. The summed E-state index contributed by atoms with van der Waals surface area (Å²) in [5.74, 6) is -0.285. The number of methoxy groups -OCH3 is 1. The Kier molecular flexibility index (Phi) is 6.11. The van der Waals surface area contributed by atoms with Crippen LogP contribution < -0.4 is 15.0 Å². The summed E-state index contributed by atoms with van der Waals surface area (Å²) in [5.41, 5.74) is 2.85. The van der Waals surface area contributed by atoms with Crippen LogP contribution in [-0.4, -0.2) is 50.0 Å². The number of carbonyl (C=O) groups is 2. The van der Waals surface area contributed by atoms with Crippen molar-refractivity contribution < 1.29 is 14.3 Å². The van der Waals surface area contributed by atoms with Gasteiger partial charge in [0.05, 0.1) is 12.8 Å². The quantitative estimate of drug-likeness (QED) is 0.811. The van der Waals surface area contributed by atoms with Gasteiger partial charge in [0.15, 0.2) is 0 Å². The van der Waals surface area contributed by atoms with Crippen molar-refractivity contribution in [1.29, 1.82) is 0 Å². The number of piperazine rings is 1. The minimum Gasteiger partial charge on any atom is -0.495 e. The summed E-state index contributed by atoms with van der Waals surface area (Å²) in [7, 11) is 1.65. The summed E-state index contributed by atoms with van der Waals surface area (Å²) in [6, 6.07) is 15.5. The molecule has 29 heavy (non-hydrogen) atoms. The summed E-state index contributed by atoms with van der Waals surface area (Å²) in [6.07, 6.45) is 0. The first kappa shape index (κ1) is 20.7. The molecule has 0 atom stereocenters. The van der Waals surface area contributed by atoms with Crippen LogP contribution >= 0.6 is 0 Å². The Balaban J connectivity index is 1.57. The summed E-state index contributed by atoms with van der Waals surface area (Å²) in [6.45, 7) is 8.69. The number of ether oxygens (including phenoxy) is 1. The van der Waals surface area contributed by atoms with Gasteiger partial charge in [0.2, 0.25) is 0 Å². The second kappa shape index (κ2) is 8.55. The fourth-order valence-electron chi connectivity index (χ4n) is 3.42. The molecule has 1 saturated heterocycles. The number of amides is 2. The van der Waals surface area contributed by atoms with Crippen LogP contribution in [0.4, 0.5) is 11.4 Å². The molecule has 1 N–H and O–H groups in total. The van der Waals surface area contributed by atoms with Crippen LogP contribution in [-0.2, 0) is 15.0 Å². The topological polar surface area (TPSA) is 61.9 Å². The van der Waals surface area contributed by atoms with E-state index in [-0.39, 0.29) is 5.41 Å². The molecule has 6 heteroatoms. The zero-order valence-corrected chi connectivity index (χ0v) is 17.6. The number of hydrogen-bond acceptors (Lipinski definition) is 4. The zero-order valence-electron chi connectivity index (χ0n) is 17.6. The molecular weight excluding hydrogens is 366 g/mol. The van der Waals surface area contributed by atoms with Crippen LogP contribution in [0.25, 0.3) is 0 Å². The lowest BCUT2D eigenvalue weighted by molar-refractivity contribution is -0.143. The van der Waals surface area contributed by atoms with Crippen LogP contribution in [0.2, 0.25) is 0 Å². The van der Waals surface area contributed by atoms with Crippen molar-refractivity contribution in [1.82, 2.24) is 4.90 Å². The Hall–Kier alpha value is -3.02. The molecule has 1 aliphatic heterocycles. The average molecular weight is 396 g/mol. The van der Waals surface area contributed by atoms with Gasteiger partial charge in [-0.1, -0.05) is 45.0 Å². The molecule has 2 aromatic carbocycles. The first-order chi connectivity index (χ1) is 13.8. The van der Waals surface area contributed by atoms with Crippen molar-refractivity contribution in [3.8, 4) is 5.75 Å². The number of hydrogen-bond donors (Lipinski definition) is 1. The number of carbonyl (C=O) groups excluding carboxylic acids is 2. The second-order valence-electron chi connectivity index (χ2n) is 8.23. The van der Waals surface area contributed by atoms with Gasteiger partial charge < -0.3 is 19.9 Å². The molecule has 0 saturated carbocycles. The van der Waals surface area contributed by atoms with E-state index >= 15 is 0 Å². The third kappa shape index (κ3) is 4.88. The first-order valence-electron chi connectivity index (χ1n) is 9.88. The van der Waals surface area contributed by atoms with E-state index in [1.165, 1.54) is 5.56 Å². The standard InChI is InChI=1S/C23H29N3O3/c1-23(2,3)17-9-11-18(12-10-17)24-21(27)22(28)26-15-13-25(14-16-26)19-7-5-6-8-20(19)29-4/h5-12H,13-16H2,1-4H3,(H,24,27). The predicted octanol–water partition coefficient (Wildman–Crippen LogP) is 3.28. The van der Waals surface area contributed by atoms with Crippen molar-refractivity contribution in [2.24, 2.45) is 0 Å². The van der Waals surface area contributed by atoms with Crippen molar-refractivity contribution in [2.45, 2.75) is 26.2 Å². The maximum Gasteiger partial charge on any atom is 0.313 e. The monoisotopic (exact) mass is 395 g/mol. The van der Waals surface area contributed by atoms with E-state index in [2.05, 4.69) is 31.0 Å². The van der Waals surface area contributed by atoms with Crippen LogP contribution in [0.15, 0.2) is 48.5 Å². The molecule has 0 radical (unpaired) electrons. The van der Waals surface area contributed by atoms with E-state index in [4.69, 9.17) is 4.74 Å². The van der Waals surface area contributed by atoms with Gasteiger partial charge in [-0.05, 0) is 35.2 Å². The van der Waals surface area contributed by atoms with Gasteiger partial charge in [0, 0.05) is 31.9 Å². The highest BCUT2D eigenvalue weighted by atomic mass is 16.5. The Morgan fingerprint density at radius 2 is 1.55 bits per heavy atom. The van der Waals surface area contributed by atoms with E-state index < -0.39 is 11.8 Å². The number of anilines is 2. The Morgan fingerprint density at radius 1 is 0.931 bits per heavy atom. The third-order valence-electron chi connectivity index (χ3n) is 5.20. The van der Waals surface area contributed by atoms with Crippen LogP contribution in [0.5, 0.6) is 5.75 Å².